The highest BCUT2D eigenvalue weighted by molar-refractivity contribution is 5.86. The van der Waals surface area contributed by atoms with Crippen LogP contribution in [0.3, 0.4) is 0 Å². The molecule has 182 valence electrons. The van der Waals surface area contributed by atoms with Gasteiger partial charge in [0.15, 0.2) is 0 Å². The van der Waals surface area contributed by atoms with E-state index >= 15 is 0 Å². The van der Waals surface area contributed by atoms with Crippen LogP contribution in [0.1, 0.15) is 13.8 Å². The molecule has 0 unspecified atom stereocenters. The molecular formula is C21H40N2O8. The van der Waals surface area contributed by atoms with Crippen molar-refractivity contribution in [2.75, 3.05) is 92.4 Å². The quantitative estimate of drug-likeness (QED) is 0.168. The molecule has 31 heavy (non-hydrogen) atoms. The molecule has 0 aliphatic carbocycles. The number of rotatable bonds is 23. The lowest BCUT2D eigenvalue weighted by Gasteiger charge is -2.09. The van der Waals surface area contributed by atoms with Gasteiger partial charge in [-0.05, 0) is 6.08 Å². The van der Waals surface area contributed by atoms with Crippen LogP contribution in [-0.2, 0) is 38.0 Å². The fourth-order valence-corrected chi connectivity index (χ4v) is 1.97. The first kappa shape index (κ1) is 29.4. The largest absolute Gasteiger partial charge is 0.377 e. The monoisotopic (exact) mass is 448 g/mol. The standard InChI is InChI=1S/C21H40N2O8/c1-4-20(24)22-5-7-26-9-11-28-13-15-30-17-18-31-16-14-29-12-10-27-8-6-23-21(25)19(2)3/h4,19H,1,5-18H2,2-3H3,(H,22,24)(H,23,25). The number of hydrogen-bond acceptors (Lipinski definition) is 8. The molecule has 0 fully saturated rings. The van der Waals surface area contributed by atoms with Crippen LogP contribution in [0.5, 0.6) is 0 Å². The van der Waals surface area contributed by atoms with E-state index in [4.69, 9.17) is 28.4 Å². The van der Waals surface area contributed by atoms with E-state index in [2.05, 4.69) is 17.2 Å². The van der Waals surface area contributed by atoms with Gasteiger partial charge >= 0.3 is 0 Å². The molecule has 0 aromatic carbocycles. The van der Waals surface area contributed by atoms with Crippen LogP contribution < -0.4 is 10.6 Å². The lowest BCUT2D eigenvalue weighted by molar-refractivity contribution is -0.124. The Morgan fingerprint density at radius 3 is 1.29 bits per heavy atom. The first-order valence-corrected chi connectivity index (χ1v) is 10.7. The fraction of sp³-hybridized carbons (Fsp3) is 0.810. The van der Waals surface area contributed by atoms with Crippen molar-refractivity contribution in [3.05, 3.63) is 12.7 Å². The molecule has 0 aromatic rings. The van der Waals surface area contributed by atoms with Crippen molar-refractivity contribution in [2.45, 2.75) is 13.8 Å². The topological polar surface area (TPSA) is 114 Å². The van der Waals surface area contributed by atoms with Gasteiger partial charge in [-0.25, -0.2) is 0 Å². The molecule has 0 rings (SSSR count). The lowest BCUT2D eigenvalue weighted by atomic mass is 10.2. The van der Waals surface area contributed by atoms with Crippen molar-refractivity contribution in [1.29, 1.82) is 0 Å². The van der Waals surface area contributed by atoms with E-state index in [9.17, 15) is 9.59 Å². The zero-order chi connectivity index (χ0) is 23.0. The molecule has 0 spiro atoms. The summed E-state index contributed by atoms with van der Waals surface area (Å²) in [7, 11) is 0. The maximum Gasteiger partial charge on any atom is 0.243 e. The van der Waals surface area contributed by atoms with Gasteiger partial charge in [-0.2, -0.15) is 0 Å². The zero-order valence-corrected chi connectivity index (χ0v) is 19.0. The van der Waals surface area contributed by atoms with E-state index in [-0.39, 0.29) is 17.7 Å². The Hall–Kier alpha value is -1.56. The Morgan fingerprint density at radius 1 is 0.645 bits per heavy atom. The number of nitrogens with one attached hydrogen (secondary N) is 2. The Morgan fingerprint density at radius 2 is 0.968 bits per heavy atom. The van der Waals surface area contributed by atoms with Gasteiger partial charge in [0.1, 0.15) is 0 Å². The molecule has 2 N–H and O–H groups in total. The summed E-state index contributed by atoms with van der Waals surface area (Å²) >= 11 is 0. The molecule has 0 heterocycles. The highest BCUT2D eigenvalue weighted by Crippen LogP contribution is 1.89. The molecular weight excluding hydrogens is 408 g/mol. The Balaban J connectivity index is 3.09. The van der Waals surface area contributed by atoms with Gasteiger partial charge in [-0.15, -0.1) is 0 Å². The maximum absolute atomic E-state index is 11.3. The third-order valence-corrected chi connectivity index (χ3v) is 3.66. The predicted octanol–water partition coefficient (Wildman–Crippen LogP) is 0.160. The van der Waals surface area contributed by atoms with Gasteiger partial charge in [0, 0.05) is 19.0 Å². The van der Waals surface area contributed by atoms with E-state index in [0.29, 0.717) is 92.4 Å². The summed E-state index contributed by atoms with van der Waals surface area (Å²) in [4.78, 5) is 22.2. The fourth-order valence-electron chi connectivity index (χ4n) is 1.97. The summed E-state index contributed by atoms with van der Waals surface area (Å²) in [6.07, 6.45) is 1.22. The molecule has 0 saturated heterocycles. The summed E-state index contributed by atoms with van der Waals surface area (Å²) in [5, 5.41) is 5.40. The van der Waals surface area contributed by atoms with Gasteiger partial charge in [-0.3, -0.25) is 9.59 Å². The molecule has 10 nitrogen and oxygen atoms in total. The SMILES string of the molecule is C=CC(=O)NCCOCCOCCOCCOCCOCCOCCNC(=O)C(C)C. The van der Waals surface area contributed by atoms with Gasteiger partial charge in [0.2, 0.25) is 11.8 Å². The Kier molecular flexibility index (Phi) is 21.9. The first-order valence-electron chi connectivity index (χ1n) is 10.7. The minimum Gasteiger partial charge on any atom is -0.377 e. The predicted molar refractivity (Wildman–Crippen MR) is 116 cm³/mol. The molecule has 0 bridgehead atoms. The first-order chi connectivity index (χ1) is 15.1. The van der Waals surface area contributed by atoms with E-state index < -0.39 is 0 Å². The summed E-state index contributed by atoms with van der Waals surface area (Å²) in [6, 6.07) is 0. The maximum atomic E-state index is 11.3. The van der Waals surface area contributed by atoms with Gasteiger partial charge < -0.3 is 39.1 Å². The van der Waals surface area contributed by atoms with E-state index in [1.807, 2.05) is 13.8 Å². The van der Waals surface area contributed by atoms with Crippen LogP contribution >= 0.6 is 0 Å². The number of hydrogen-bond donors (Lipinski definition) is 2. The van der Waals surface area contributed by atoms with Crippen molar-refractivity contribution >= 4 is 11.8 Å². The average molecular weight is 449 g/mol. The van der Waals surface area contributed by atoms with Crippen molar-refractivity contribution in [3.63, 3.8) is 0 Å². The molecule has 0 aliphatic heterocycles. The van der Waals surface area contributed by atoms with Gasteiger partial charge in [-0.1, -0.05) is 20.4 Å². The van der Waals surface area contributed by atoms with E-state index in [1.165, 1.54) is 6.08 Å². The van der Waals surface area contributed by atoms with Crippen LogP contribution in [0, 0.1) is 5.92 Å². The molecule has 0 saturated carbocycles. The van der Waals surface area contributed by atoms with E-state index in [1.54, 1.807) is 0 Å². The normalized spacial score (nSPS) is 10.9. The summed E-state index contributed by atoms with van der Waals surface area (Å²) < 4.78 is 32.2. The minimum atomic E-state index is -0.209. The van der Waals surface area contributed by atoms with Crippen molar-refractivity contribution in [2.24, 2.45) is 5.92 Å². The van der Waals surface area contributed by atoms with Gasteiger partial charge in [0.25, 0.3) is 0 Å². The Labute approximate surface area is 185 Å². The zero-order valence-electron chi connectivity index (χ0n) is 19.0. The van der Waals surface area contributed by atoms with Crippen LogP contribution in [0.2, 0.25) is 0 Å². The molecule has 0 aromatic heterocycles. The average Bonchev–Trinajstić information content (AvgIpc) is 2.76. The van der Waals surface area contributed by atoms with Crippen LogP contribution in [-0.4, -0.2) is 104 Å². The number of carbonyl (C=O) groups is 2. The number of ether oxygens (including phenoxy) is 6. The van der Waals surface area contributed by atoms with Crippen molar-refractivity contribution in [1.82, 2.24) is 10.6 Å². The third-order valence-electron chi connectivity index (χ3n) is 3.66. The lowest BCUT2D eigenvalue weighted by Crippen LogP contribution is -2.31. The highest BCUT2D eigenvalue weighted by Gasteiger charge is 2.04. The minimum absolute atomic E-state index is 0.0108. The molecule has 10 heteroatoms. The molecule has 0 atom stereocenters. The third kappa shape index (κ3) is 22.9. The van der Waals surface area contributed by atoms with Gasteiger partial charge in [0.05, 0.1) is 79.3 Å². The second kappa shape index (κ2) is 23.1. The molecule has 2 amide bonds. The van der Waals surface area contributed by atoms with Crippen molar-refractivity contribution < 1.29 is 38.0 Å². The van der Waals surface area contributed by atoms with E-state index in [0.717, 1.165) is 0 Å². The van der Waals surface area contributed by atoms with Crippen LogP contribution in [0.4, 0.5) is 0 Å². The number of amides is 2. The highest BCUT2D eigenvalue weighted by atomic mass is 16.6. The smallest absolute Gasteiger partial charge is 0.243 e. The number of carbonyl (C=O) groups excluding carboxylic acids is 2. The van der Waals surface area contributed by atoms with Crippen LogP contribution in [0.25, 0.3) is 0 Å². The second-order valence-corrected chi connectivity index (χ2v) is 6.62. The molecule has 0 radical (unpaired) electrons. The van der Waals surface area contributed by atoms with Crippen molar-refractivity contribution in [3.8, 4) is 0 Å². The summed E-state index contributed by atoms with van der Waals surface area (Å²) in [5.41, 5.74) is 0. The molecule has 0 aliphatic rings. The van der Waals surface area contributed by atoms with Crippen LogP contribution in [0.15, 0.2) is 12.7 Å². The second-order valence-electron chi connectivity index (χ2n) is 6.62. The summed E-state index contributed by atoms with van der Waals surface area (Å²) in [5.74, 6) is -0.189. The Bertz CT molecular complexity index is 449. The summed E-state index contributed by atoms with van der Waals surface area (Å²) in [6.45, 7) is 13.8.